The molecule has 3 aromatic rings. The average molecular weight is 252 g/mol. The van der Waals surface area contributed by atoms with Crippen molar-refractivity contribution in [2.75, 3.05) is 5.32 Å². The monoisotopic (exact) mass is 252 g/mol. The smallest absolute Gasteiger partial charge is 0.230 e. The van der Waals surface area contributed by atoms with Crippen molar-refractivity contribution in [3.05, 3.63) is 54.4 Å². The van der Waals surface area contributed by atoms with E-state index in [2.05, 4.69) is 20.5 Å². The number of nitrogens with one attached hydrogen (secondary N) is 2. The van der Waals surface area contributed by atoms with Gasteiger partial charge in [-0.1, -0.05) is 12.1 Å². The molecular weight excluding hydrogens is 240 g/mol. The van der Waals surface area contributed by atoms with Gasteiger partial charge in [-0.15, -0.1) is 0 Å². The summed E-state index contributed by atoms with van der Waals surface area (Å²) >= 11 is 0. The van der Waals surface area contributed by atoms with Gasteiger partial charge in [0.2, 0.25) is 5.91 Å². The third-order valence-corrected chi connectivity index (χ3v) is 2.84. The Hall–Kier alpha value is -2.69. The van der Waals surface area contributed by atoms with Crippen LogP contribution in [0.3, 0.4) is 0 Å². The largest absolute Gasteiger partial charge is 0.308 e. The van der Waals surface area contributed by atoms with Crippen molar-refractivity contribution in [3.8, 4) is 0 Å². The topological polar surface area (TPSA) is 70.7 Å². The molecule has 1 aromatic carbocycles. The van der Waals surface area contributed by atoms with Crippen molar-refractivity contribution < 1.29 is 4.79 Å². The van der Waals surface area contributed by atoms with E-state index in [9.17, 15) is 4.79 Å². The third-order valence-electron chi connectivity index (χ3n) is 2.84. The van der Waals surface area contributed by atoms with Crippen LogP contribution >= 0.6 is 0 Å². The van der Waals surface area contributed by atoms with E-state index < -0.39 is 0 Å². The number of para-hydroxylation sites is 1. The van der Waals surface area contributed by atoms with E-state index in [1.165, 1.54) is 0 Å². The predicted molar refractivity (Wildman–Crippen MR) is 72.7 cm³/mol. The number of aromatic amines is 1. The number of nitrogens with zero attached hydrogens (tertiary/aromatic N) is 2. The Balaban J connectivity index is 1.76. The van der Waals surface area contributed by atoms with Crippen LogP contribution in [-0.2, 0) is 11.2 Å². The van der Waals surface area contributed by atoms with Gasteiger partial charge in [-0.05, 0) is 29.8 Å². The maximum atomic E-state index is 11.9. The molecule has 0 aliphatic heterocycles. The summed E-state index contributed by atoms with van der Waals surface area (Å²) in [5.74, 6) is 0.470. The van der Waals surface area contributed by atoms with E-state index in [0.29, 0.717) is 12.2 Å². The van der Waals surface area contributed by atoms with Gasteiger partial charge >= 0.3 is 0 Å². The second-order valence-corrected chi connectivity index (χ2v) is 4.20. The predicted octanol–water partition coefficient (Wildman–Crippen LogP) is 2.14. The van der Waals surface area contributed by atoms with E-state index in [4.69, 9.17) is 0 Å². The van der Waals surface area contributed by atoms with Gasteiger partial charge in [-0.3, -0.25) is 14.9 Å². The van der Waals surface area contributed by atoms with Crippen molar-refractivity contribution in [1.82, 2.24) is 15.2 Å². The van der Waals surface area contributed by atoms with Crippen LogP contribution < -0.4 is 5.32 Å². The number of amides is 1. The van der Waals surface area contributed by atoms with Crippen molar-refractivity contribution in [2.45, 2.75) is 6.42 Å². The molecule has 3 rings (SSSR count). The Labute approximate surface area is 109 Å². The number of fused-ring (bicyclic) bond motifs is 1. The molecule has 0 bridgehead atoms. The highest BCUT2D eigenvalue weighted by Crippen LogP contribution is 2.19. The van der Waals surface area contributed by atoms with E-state index in [0.717, 1.165) is 16.5 Å². The van der Waals surface area contributed by atoms with E-state index in [1.54, 1.807) is 12.4 Å². The summed E-state index contributed by atoms with van der Waals surface area (Å²) in [6.07, 6.45) is 3.66. The summed E-state index contributed by atoms with van der Waals surface area (Å²) in [4.78, 5) is 15.9. The molecule has 0 saturated heterocycles. The molecule has 1 amide bonds. The first kappa shape index (κ1) is 11.4. The molecule has 0 saturated carbocycles. The Morgan fingerprint density at radius 3 is 2.79 bits per heavy atom. The number of benzene rings is 1. The molecule has 0 radical (unpaired) electrons. The van der Waals surface area contributed by atoms with Crippen molar-refractivity contribution in [1.29, 1.82) is 0 Å². The maximum Gasteiger partial charge on any atom is 0.230 e. The Morgan fingerprint density at radius 1 is 1.16 bits per heavy atom. The molecule has 5 nitrogen and oxygen atoms in total. The zero-order chi connectivity index (χ0) is 13.1. The molecule has 0 aliphatic carbocycles. The molecule has 94 valence electrons. The van der Waals surface area contributed by atoms with E-state index >= 15 is 0 Å². The molecule has 2 heterocycles. The molecule has 2 aromatic heterocycles. The summed E-state index contributed by atoms with van der Waals surface area (Å²) in [5, 5.41) is 10.7. The first-order valence-corrected chi connectivity index (χ1v) is 5.95. The normalized spacial score (nSPS) is 10.5. The summed E-state index contributed by atoms with van der Waals surface area (Å²) in [5.41, 5.74) is 1.83. The van der Waals surface area contributed by atoms with Gasteiger partial charge in [0, 0.05) is 17.8 Å². The molecule has 0 unspecified atom stereocenters. The first-order valence-electron chi connectivity index (χ1n) is 5.95. The Bertz CT molecular complexity index is 706. The fourth-order valence-electron chi connectivity index (χ4n) is 1.92. The molecule has 0 spiro atoms. The van der Waals surface area contributed by atoms with Crippen LogP contribution in [0.5, 0.6) is 0 Å². The lowest BCUT2D eigenvalue weighted by Crippen LogP contribution is -2.14. The number of H-pyrrole nitrogens is 1. The molecule has 2 N–H and O–H groups in total. The van der Waals surface area contributed by atoms with Gasteiger partial charge in [0.25, 0.3) is 0 Å². The van der Waals surface area contributed by atoms with Gasteiger partial charge < -0.3 is 5.32 Å². The lowest BCUT2D eigenvalue weighted by atomic mass is 10.2. The fourth-order valence-corrected chi connectivity index (χ4v) is 1.92. The summed E-state index contributed by atoms with van der Waals surface area (Å²) in [6, 6.07) is 11.3. The molecule has 0 aliphatic rings. The average Bonchev–Trinajstić information content (AvgIpc) is 2.83. The van der Waals surface area contributed by atoms with E-state index in [-0.39, 0.29) is 5.91 Å². The highest BCUT2D eigenvalue weighted by Gasteiger charge is 2.09. The van der Waals surface area contributed by atoms with Gasteiger partial charge in [0.1, 0.15) is 0 Å². The zero-order valence-corrected chi connectivity index (χ0v) is 10.1. The summed E-state index contributed by atoms with van der Waals surface area (Å²) in [7, 11) is 0. The van der Waals surface area contributed by atoms with Gasteiger partial charge in [-0.2, -0.15) is 5.10 Å². The minimum atomic E-state index is -0.0940. The molecule has 5 heteroatoms. The van der Waals surface area contributed by atoms with Crippen LogP contribution in [0, 0.1) is 0 Å². The lowest BCUT2D eigenvalue weighted by Gasteiger charge is -2.02. The van der Waals surface area contributed by atoms with Crippen molar-refractivity contribution in [3.63, 3.8) is 0 Å². The number of pyridine rings is 1. The van der Waals surface area contributed by atoms with Crippen LogP contribution in [0.2, 0.25) is 0 Å². The number of hydrogen-bond acceptors (Lipinski definition) is 3. The summed E-state index contributed by atoms with van der Waals surface area (Å²) in [6.45, 7) is 0. The lowest BCUT2D eigenvalue weighted by molar-refractivity contribution is -0.115. The maximum absolute atomic E-state index is 11.9. The Kier molecular flexibility index (Phi) is 2.94. The standard InChI is InChI=1S/C14H12N4O/c19-13(9-10-5-7-15-8-6-10)16-14-11-3-1-2-4-12(11)17-18-14/h1-8H,9H2,(H2,16,17,18,19). The number of carbonyl (C=O) groups excluding carboxylic acids is 1. The number of anilines is 1. The SMILES string of the molecule is O=C(Cc1ccncc1)Nc1n[nH]c2ccccc12. The number of carbonyl (C=O) groups is 1. The second-order valence-electron chi connectivity index (χ2n) is 4.20. The first-order chi connectivity index (χ1) is 9.33. The molecule has 0 fully saturated rings. The number of aromatic nitrogens is 3. The highest BCUT2D eigenvalue weighted by molar-refractivity contribution is 6.00. The van der Waals surface area contributed by atoms with Gasteiger partial charge in [0.05, 0.1) is 11.9 Å². The Morgan fingerprint density at radius 2 is 1.95 bits per heavy atom. The van der Waals surface area contributed by atoms with Gasteiger partial charge in [0.15, 0.2) is 5.82 Å². The molecule has 19 heavy (non-hydrogen) atoms. The zero-order valence-electron chi connectivity index (χ0n) is 10.1. The number of rotatable bonds is 3. The quantitative estimate of drug-likeness (QED) is 0.750. The second kappa shape index (κ2) is 4.89. The fraction of sp³-hybridized carbons (Fsp3) is 0.0714. The van der Waals surface area contributed by atoms with Crippen molar-refractivity contribution in [2.24, 2.45) is 0 Å². The highest BCUT2D eigenvalue weighted by atomic mass is 16.1. The van der Waals surface area contributed by atoms with E-state index in [1.807, 2.05) is 36.4 Å². The summed E-state index contributed by atoms with van der Waals surface area (Å²) < 4.78 is 0. The van der Waals surface area contributed by atoms with Gasteiger partial charge in [-0.25, -0.2) is 0 Å². The van der Waals surface area contributed by atoms with Crippen LogP contribution in [0.4, 0.5) is 5.82 Å². The van der Waals surface area contributed by atoms with Crippen LogP contribution in [0.15, 0.2) is 48.8 Å². The van der Waals surface area contributed by atoms with Crippen LogP contribution in [-0.4, -0.2) is 21.1 Å². The number of hydrogen-bond donors (Lipinski definition) is 2. The minimum absolute atomic E-state index is 0.0940. The van der Waals surface area contributed by atoms with Crippen LogP contribution in [0.25, 0.3) is 10.9 Å². The van der Waals surface area contributed by atoms with Crippen LogP contribution in [0.1, 0.15) is 5.56 Å². The van der Waals surface area contributed by atoms with Crippen molar-refractivity contribution >= 4 is 22.6 Å². The molecule has 0 atom stereocenters. The molecular formula is C14H12N4O. The third kappa shape index (κ3) is 2.44. The minimum Gasteiger partial charge on any atom is -0.308 e.